The molecule has 1 aliphatic heterocycles. The van der Waals surface area contributed by atoms with E-state index in [9.17, 15) is 14.9 Å². The van der Waals surface area contributed by atoms with E-state index in [4.69, 9.17) is 5.11 Å². The Kier molecular flexibility index (Phi) is 4.97. The van der Waals surface area contributed by atoms with Gasteiger partial charge in [-0.15, -0.1) is 11.8 Å². The van der Waals surface area contributed by atoms with Crippen molar-refractivity contribution in [2.75, 3.05) is 25.4 Å². The lowest BCUT2D eigenvalue weighted by atomic mass is 10.1. The van der Waals surface area contributed by atoms with Crippen molar-refractivity contribution in [2.24, 2.45) is 5.92 Å². The summed E-state index contributed by atoms with van der Waals surface area (Å²) in [7, 11) is 0. The number of rotatable bonds is 5. The number of carbonyl (C=O) groups excluding carboxylic acids is 1. The molecule has 0 aromatic heterocycles. The summed E-state index contributed by atoms with van der Waals surface area (Å²) in [5.41, 5.74) is 0.0472. The van der Waals surface area contributed by atoms with Crippen molar-refractivity contribution in [1.82, 2.24) is 4.90 Å². The summed E-state index contributed by atoms with van der Waals surface area (Å²) in [4.78, 5) is 24.7. The fourth-order valence-corrected chi connectivity index (χ4v) is 2.91. The number of hydrogen-bond donors (Lipinski definition) is 1. The predicted molar refractivity (Wildman–Crippen MR) is 75.6 cm³/mol. The van der Waals surface area contributed by atoms with E-state index in [2.05, 4.69) is 0 Å². The van der Waals surface area contributed by atoms with E-state index in [1.54, 1.807) is 17.0 Å². The molecule has 0 spiro atoms. The van der Waals surface area contributed by atoms with E-state index >= 15 is 0 Å². The Hall–Kier alpha value is -1.60. The van der Waals surface area contributed by atoms with Crippen molar-refractivity contribution in [1.29, 1.82) is 0 Å². The maximum atomic E-state index is 12.0. The van der Waals surface area contributed by atoms with Crippen molar-refractivity contribution in [2.45, 2.75) is 11.3 Å². The first kappa shape index (κ1) is 14.8. The van der Waals surface area contributed by atoms with Gasteiger partial charge in [0.2, 0.25) is 5.91 Å². The zero-order chi connectivity index (χ0) is 14.5. The lowest BCUT2D eigenvalue weighted by molar-refractivity contribution is -0.384. The van der Waals surface area contributed by atoms with Crippen LogP contribution in [-0.2, 0) is 4.79 Å². The molecule has 1 fully saturated rings. The molecule has 1 unspecified atom stereocenters. The molecular formula is C13H16N2O4S. The monoisotopic (exact) mass is 296 g/mol. The Labute approximate surface area is 120 Å². The molecule has 1 saturated heterocycles. The molecule has 1 N–H and O–H groups in total. The largest absolute Gasteiger partial charge is 0.396 e. The number of carbonyl (C=O) groups is 1. The van der Waals surface area contributed by atoms with Gasteiger partial charge in [-0.3, -0.25) is 14.9 Å². The molecular weight excluding hydrogens is 280 g/mol. The van der Waals surface area contributed by atoms with Crippen molar-refractivity contribution >= 4 is 23.4 Å². The minimum Gasteiger partial charge on any atom is -0.396 e. The highest BCUT2D eigenvalue weighted by Gasteiger charge is 2.25. The van der Waals surface area contributed by atoms with Crippen molar-refractivity contribution in [3.05, 3.63) is 34.4 Å². The second-order valence-electron chi connectivity index (χ2n) is 4.72. The van der Waals surface area contributed by atoms with Crippen LogP contribution in [0.2, 0.25) is 0 Å². The Bertz CT molecular complexity index is 492. The quantitative estimate of drug-likeness (QED) is 0.506. The number of non-ortho nitro benzene ring substituents is 1. The topological polar surface area (TPSA) is 83.7 Å². The van der Waals surface area contributed by atoms with Gasteiger partial charge in [0, 0.05) is 42.6 Å². The van der Waals surface area contributed by atoms with E-state index in [1.807, 2.05) is 0 Å². The van der Waals surface area contributed by atoms with Crippen LogP contribution in [0, 0.1) is 16.0 Å². The standard InChI is InChI=1S/C13H16N2O4S/c16-8-10-5-6-14(7-10)13(17)9-20-12-3-1-11(2-4-12)15(18)19/h1-4,10,16H,5-9H2. The minimum absolute atomic E-state index is 0.0457. The van der Waals surface area contributed by atoms with Crippen LogP contribution in [0.3, 0.4) is 0 Å². The van der Waals surface area contributed by atoms with Crippen LogP contribution in [0.1, 0.15) is 6.42 Å². The highest BCUT2D eigenvalue weighted by molar-refractivity contribution is 8.00. The molecule has 1 heterocycles. The summed E-state index contributed by atoms with van der Waals surface area (Å²) in [6.07, 6.45) is 0.852. The molecule has 1 atom stereocenters. The third-order valence-electron chi connectivity index (χ3n) is 3.31. The van der Waals surface area contributed by atoms with E-state index in [1.165, 1.54) is 23.9 Å². The summed E-state index contributed by atoms with van der Waals surface area (Å²) in [6.45, 7) is 1.44. The maximum absolute atomic E-state index is 12.0. The molecule has 2 rings (SSSR count). The zero-order valence-corrected chi connectivity index (χ0v) is 11.7. The van der Waals surface area contributed by atoms with Crippen LogP contribution in [0.25, 0.3) is 0 Å². The lowest BCUT2D eigenvalue weighted by Gasteiger charge is -2.15. The molecule has 108 valence electrons. The first-order valence-electron chi connectivity index (χ1n) is 6.36. The maximum Gasteiger partial charge on any atom is 0.269 e. The molecule has 0 bridgehead atoms. The molecule has 7 heteroatoms. The number of aliphatic hydroxyl groups is 1. The number of benzene rings is 1. The summed E-state index contributed by atoms with van der Waals surface area (Å²) in [6, 6.07) is 6.17. The number of nitro groups is 1. The van der Waals surface area contributed by atoms with Crippen LogP contribution in [0.15, 0.2) is 29.2 Å². The van der Waals surface area contributed by atoms with Crippen molar-refractivity contribution in [3.8, 4) is 0 Å². The Morgan fingerprint density at radius 3 is 2.70 bits per heavy atom. The molecule has 0 radical (unpaired) electrons. The number of likely N-dealkylation sites (tertiary alicyclic amines) is 1. The highest BCUT2D eigenvalue weighted by atomic mass is 32.2. The lowest BCUT2D eigenvalue weighted by Crippen LogP contribution is -2.30. The summed E-state index contributed by atoms with van der Waals surface area (Å²) in [5.74, 6) is 0.559. The third kappa shape index (κ3) is 3.71. The van der Waals surface area contributed by atoms with Gasteiger partial charge in [0.25, 0.3) is 5.69 Å². The molecule has 1 aliphatic rings. The zero-order valence-electron chi connectivity index (χ0n) is 10.9. The van der Waals surface area contributed by atoms with Crippen LogP contribution in [0.5, 0.6) is 0 Å². The van der Waals surface area contributed by atoms with Crippen LogP contribution in [0.4, 0.5) is 5.69 Å². The molecule has 6 nitrogen and oxygen atoms in total. The number of nitrogens with zero attached hydrogens (tertiary/aromatic N) is 2. The van der Waals surface area contributed by atoms with Gasteiger partial charge in [-0.2, -0.15) is 0 Å². The fraction of sp³-hybridized carbons (Fsp3) is 0.462. The molecule has 0 aliphatic carbocycles. The number of amides is 1. The van der Waals surface area contributed by atoms with Crippen LogP contribution >= 0.6 is 11.8 Å². The molecule has 1 aromatic rings. The van der Waals surface area contributed by atoms with E-state index in [0.29, 0.717) is 18.8 Å². The van der Waals surface area contributed by atoms with Gasteiger partial charge in [0.05, 0.1) is 10.7 Å². The third-order valence-corrected chi connectivity index (χ3v) is 4.30. The Morgan fingerprint density at radius 1 is 1.45 bits per heavy atom. The van der Waals surface area contributed by atoms with Gasteiger partial charge in [-0.05, 0) is 18.6 Å². The van der Waals surface area contributed by atoms with Crippen LogP contribution in [-0.4, -0.2) is 46.3 Å². The molecule has 1 amide bonds. The average Bonchev–Trinajstić information content (AvgIpc) is 2.94. The van der Waals surface area contributed by atoms with Gasteiger partial charge in [0.15, 0.2) is 0 Å². The number of hydrogen-bond acceptors (Lipinski definition) is 5. The predicted octanol–water partition coefficient (Wildman–Crippen LogP) is 1.53. The summed E-state index contributed by atoms with van der Waals surface area (Å²) in [5, 5.41) is 19.6. The van der Waals surface area contributed by atoms with Gasteiger partial charge in [0.1, 0.15) is 0 Å². The number of thioether (sulfide) groups is 1. The highest BCUT2D eigenvalue weighted by Crippen LogP contribution is 2.23. The molecule has 1 aromatic carbocycles. The second kappa shape index (κ2) is 6.71. The Morgan fingerprint density at radius 2 is 2.15 bits per heavy atom. The van der Waals surface area contributed by atoms with Crippen LogP contribution < -0.4 is 0 Å². The summed E-state index contributed by atoms with van der Waals surface area (Å²) >= 11 is 1.37. The molecule has 0 saturated carbocycles. The average molecular weight is 296 g/mol. The Balaban J connectivity index is 1.83. The molecule has 20 heavy (non-hydrogen) atoms. The van der Waals surface area contributed by atoms with Gasteiger partial charge in [-0.25, -0.2) is 0 Å². The summed E-state index contributed by atoms with van der Waals surface area (Å²) < 4.78 is 0. The van der Waals surface area contributed by atoms with Gasteiger partial charge < -0.3 is 10.0 Å². The van der Waals surface area contributed by atoms with E-state index in [-0.39, 0.29) is 24.1 Å². The normalized spacial score (nSPS) is 18.2. The van der Waals surface area contributed by atoms with Gasteiger partial charge in [-0.1, -0.05) is 0 Å². The first-order chi connectivity index (χ1) is 9.60. The van der Waals surface area contributed by atoms with Crippen molar-refractivity contribution in [3.63, 3.8) is 0 Å². The first-order valence-corrected chi connectivity index (χ1v) is 7.34. The fourth-order valence-electron chi connectivity index (χ4n) is 2.11. The van der Waals surface area contributed by atoms with Crippen molar-refractivity contribution < 1.29 is 14.8 Å². The second-order valence-corrected chi connectivity index (χ2v) is 5.77. The number of aliphatic hydroxyl groups excluding tert-OH is 1. The smallest absolute Gasteiger partial charge is 0.269 e. The van der Waals surface area contributed by atoms with E-state index in [0.717, 1.165) is 11.3 Å². The minimum atomic E-state index is -0.446. The SMILES string of the molecule is O=C(CSc1ccc([N+](=O)[O-])cc1)N1CCC(CO)C1. The van der Waals surface area contributed by atoms with E-state index < -0.39 is 4.92 Å². The van der Waals surface area contributed by atoms with Gasteiger partial charge >= 0.3 is 0 Å². The number of nitro benzene ring substituents is 1.